The Hall–Kier alpha value is -2.32. The van der Waals surface area contributed by atoms with Crippen LogP contribution in [0, 0.1) is 5.92 Å². The van der Waals surface area contributed by atoms with E-state index in [1.807, 2.05) is 31.2 Å². The van der Waals surface area contributed by atoms with Crippen molar-refractivity contribution in [3.8, 4) is 0 Å². The molecule has 2 aliphatic rings. The quantitative estimate of drug-likeness (QED) is 0.390. The Balaban J connectivity index is 1.46. The Labute approximate surface area is 202 Å². The van der Waals surface area contributed by atoms with Gasteiger partial charge in [0.05, 0.1) is 17.9 Å². The second kappa shape index (κ2) is 10.7. The number of benzene rings is 1. The molecule has 0 saturated heterocycles. The van der Waals surface area contributed by atoms with Gasteiger partial charge >= 0.3 is 5.97 Å². The average Bonchev–Trinajstić information content (AvgIpc) is 3.58. The third-order valence-corrected chi connectivity index (χ3v) is 8.33. The SMILES string of the molecule is COC(=O)c1c(NC(=O)C(C)Sc2cccc(NC(=O)C3CC3)c2)sc2c1CCCCCC2. The van der Waals surface area contributed by atoms with Crippen molar-refractivity contribution in [2.24, 2.45) is 5.92 Å². The summed E-state index contributed by atoms with van der Waals surface area (Å²) in [7, 11) is 1.38. The smallest absolute Gasteiger partial charge is 0.341 e. The molecule has 2 amide bonds. The van der Waals surface area contributed by atoms with Crippen molar-refractivity contribution < 1.29 is 19.1 Å². The number of ether oxygens (including phenoxy) is 1. The van der Waals surface area contributed by atoms with E-state index in [0.29, 0.717) is 10.6 Å². The molecule has 33 heavy (non-hydrogen) atoms. The Morgan fingerprint density at radius 1 is 1.09 bits per heavy atom. The van der Waals surface area contributed by atoms with Crippen LogP contribution in [0.25, 0.3) is 0 Å². The lowest BCUT2D eigenvalue weighted by atomic mass is 9.96. The summed E-state index contributed by atoms with van der Waals surface area (Å²) >= 11 is 2.93. The van der Waals surface area contributed by atoms with Crippen molar-refractivity contribution >= 4 is 51.6 Å². The predicted molar refractivity (Wildman–Crippen MR) is 133 cm³/mol. The summed E-state index contributed by atoms with van der Waals surface area (Å²) in [6.07, 6.45) is 8.18. The molecular weight excluding hydrogens is 456 g/mol. The van der Waals surface area contributed by atoms with Gasteiger partial charge in [0.2, 0.25) is 11.8 Å². The molecule has 1 saturated carbocycles. The predicted octanol–water partition coefficient (Wildman–Crippen LogP) is 5.66. The Morgan fingerprint density at radius 3 is 2.58 bits per heavy atom. The van der Waals surface area contributed by atoms with E-state index in [2.05, 4.69) is 10.6 Å². The number of methoxy groups -OCH3 is 1. The van der Waals surface area contributed by atoms with Crippen molar-refractivity contribution in [1.82, 2.24) is 0 Å². The number of anilines is 2. The molecule has 0 spiro atoms. The monoisotopic (exact) mass is 486 g/mol. The lowest BCUT2D eigenvalue weighted by molar-refractivity contribution is -0.117. The number of rotatable bonds is 7. The number of amides is 2. The van der Waals surface area contributed by atoms with Gasteiger partial charge in [-0.1, -0.05) is 18.9 Å². The topological polar surface area (TPSA) is 84.5 Å². The van der Waals surface area contributed by atoms with E-state index in [1.54, 1.807) is 0 Å². The lowest BCUT2D eigenvalue weighted by Gasteiger charge is -2.13. The van der Waals surface area contributed by atoms with E-state index in [9.17, 15) is 14.4 Å². The number of thiophene rings is 1. The minimum Gasteiger partial charge on any atom is -0.465 e. The van der Waals surface area contributed by atoms with Crippen LogP contribution in [0.5, 0.6) is 0 Å². The van der Waals surface area contributed by atoms with Gasteiger partial charge in [0.15, 0.2) is 0 Å². The van der Waals surface area contributed by atoms with Gasteiger partial charge in [0.1, 0.15) is 5.00 Å². The molecule has 4 rings (SSSR count). The van der Waals surface area contributed by atoms with Crippen LogP contribution in [0.4, 0.5) is 10.7 Å². The zero-order chi connectivity index (χ0) is 23.4. The van der Waals surface area contributed by atoms with Crippen LogP contribution in [0.3, 0.4) is 0 Å². The van der Waals surface area contributed by atoms with Crippen LogP contribution in [0.2, 0.25) is 0 Å². The van der Waals surface area contributed by atoms with Crippen LogP contribution in [-0.4, -0.2) is 30.1 Å². The summed E-state index contributed by atoms with van der Waals surface area (Å²) < 4.78 is 5.05. The van der Waals surface area contributed by atoms with Crippen LogP contribution in [0.1, 0.15) is 66.2 Å². The van der Waals surface area contributed by atoms with Gasteiger partial charge < -0.3 is 15.4 Å². The van der Waals surface area contributed by atoms with Gasteiger partial charge in [-0.05, 0) is 69.2 Å². The summed E-state index contributed by atoms with van der Waals surface area (Å²) in [5.74, 6) is -0.346. The zero-order valence-corrected chi connectivity index (χ0v) is 20.7. The van der Waals surface area contributed by atoms with E-state index in [4.69, 9.17) is 4.74 Å². The molecule has 2 aromatic rings. The number of nitrogens with one attached hydrogen (secondary N) is 2. The highest BCUT2D eigenvalue weighted by molar-refractivity contribution is 8.00. The zero-order valence-electron chi connectivity index (χ0n) is 19.1. The maximum absolute atomic E-state index is 13.0. The van der Waals surface area contributed by atoms with Gasteiger partial charge in [-0.2, -0.15) is 0 Å². The first kappa shape index (κ1) is 23.8. The van der Waals surface area contributed by atoms with E-state index in [1.165, 1.54) is 41.5 Å². The average molecular weight is 487 g/mol. The molecule has 0 radical (unpaired) electrons. The molecule has 0 aliphatic heterocycles. The van der Waals surface area contributed by atoms with Gasteiger partial charge in [0.25, 0.3) is 0 Å². The van der Waals surface area contributed by atoms with Gasteiger partial charge in [0, 0.05) is 21.4 Å². The van der Waals surface area contributed by atoms with Crippen molar-refractivity contribution in [1.29, 1.82) is 0 Å². The number of hydrogen-bond acceptors (Lipinski definition) is 6. The molecule has 1 heterocycles. The molecule has 1 aromatic heterocycles. The maximum Gasteiger partial charge on any atom is 0.341 e. The number of hydrogen-bond donors (Lipinski definition) is 2. The molecule has 2 N–H and O–H groups in total. The number of aryl methyl sites for hydroxylation is 1. The molecule has 2 aliphatic carbocycles. The molecule has 8 heteroatoms. The highest BCUT2D eigenvalue weighted by Gasteiger charge is 2.30. The number of carbonyl (C=O) groups is 3. The Morgan fingerprint density at radius 2 is 1.85 bits per heavy atom. The fourth-order valence-corrected chi connectivity index (χ4v) is 6.24. The van der Waals surface area contributed by atoms with Gasteiger partial charge in [-0.25, -0.2) is 4.79 Å². The van der Waals surface area contributed by atoms with E-state index >= 15 is 0 Å². The minimum atomic E-state index is -0.386. The molecule has 1 fully saturated rings. The second-order valence-corrected chi connectivity index (χ2v) is 11.2. The van der Waals surface area contributed by atoms with Crippen molar-refractivity contribution in [3.05, 3.63) is 40.3 Å². The lowest BCUT2D eigenvalue weighted by Crippen LogP contribution is -2.23. The van der Waals surface area contributed by atoms with E-state index in [-0.39, 0.29) is 29.0 Å². The number of carbonyl (C=O) groups excluding carboxylic acids is 3. The summed E-state index contributed by atoms with van der Waals surface area (Å²) in [4.78, 5) is 39.7. The van der Waals surface area contributed by atoms with Crippen molar-refractivity contribution in [2.45, 2.75) is 68.4 Å². The van der Waals surface area contributed by atoms with Crippen LogP contribution < -0.4 is 10.6 Å². The third-order valence-electron chi connectivity index (χ3n) is 6.03. The largest absolute Gasteiger partial charge is 0.465 e. The number of fused-ring (bicyclic) bond motifs is 1. The molecule has 0 bridgehead atoms. The Bertz CT molecular complexity index is 1050. The van der Waals surface area contributed by atoms with E-state index in [0.717, 1.165) is 61.1 Å². The molecule has 176 valence electrons. The molecule has 1 aromatic carbocycles. The minimum absolute atomic E-state index is 0.0616. The van der Waals surface area contributed by atoms with Gasteiger partial charge in [-0.3, -0.25) is 9.59 Å². The first-order valence-corrected chi connectivity index (χ1v) is 13.3. The third kappa shape index (κ3) is 5.98. The molecular formula is C25H30N2O4S2. The van der Waals surface area contributed by atoms with E-state index < -0.39 is 0 Å². The summed E-state index contributed by atoms with van der Waals surface area (Å²) in [5.41, 5.74) is 2.31. The highest BCUT2D eigenvalue weighted by Crippen LogP contribution is 2.38. The summed E-state index contributed by atoms with van der Waals surface area (Å²) in [5, 5.41) is 6.16. The van der Waals surface area contributed by atoms with Crippen LogP contribution in [-0.2, 0) is 27.2 Å². The van der Waals surface area contributed by atoms with Crippen LogP contribution in [0.15, 0.2) is 29.2 Å². The standard InChI is InChI=1S/C25H30N2O4S2/c1-15(32-18-9-7-8-17(14-18)26-23(29)16-12-13-16)22(28)27-24-21(25(30)31-2)19-10-5-3-4-6-11-20(19)33-24/h7-9,14-16H,3-6,10-13H2,1-2H3,(H,26,29)(H,27,28). The summed E-state index contributed by atoms with van der Waals surface area (Å²) in [6, 6.07) is 7.56. The second-order valence-electron chi connectivity index (χ2n) is 8.65. The first-order valence-electron chi connectivity index (χ1n) is 11.6. The fourth-order valence-electron chi connectivity index (χ4n) is 4.03. The fraction of sp³-hybridized carbons (Fsp3) is 0.480. The van der Waals surface area contributed by atoms with Crippen molar-refractivity contribution in [2.75, 3.05) is 17.7 Å². The van der Waals surface area contributed by atoms with Crippen molar-refractivity contribution in [3.63, 3.8) is 0 Å². The Kier molecular flexibility index (Phi) is 7.75. The molecule has 1 unspecified atom stereocenters. The number of esters is 1. The molecule has 6 nitrogen and oxygen atoms in total. The maximum atomic E-state index is 13.0. The summed E-state index contributed by atoms with van der Waals surface area (Å²) in [6.45, 7) is 1.84. The van der Waals surface area contributed by atoms with Crippen LogP contribution >= 0.6 is 23.1 Å². The normalized spacial score (nSPS) is 16.7. The number of thioether (sulfide) groups is 1. The van der Waals surface area contributed by atoms with Gasteiger partial charge in [-0.15, -0.1) is 23.1 Å². The molecule has 1 atom stereocenters. The first-order chi connectivity index (χ1) is 16.0. The highest BCUT2D eigenvalue weighted by atomic mass is 32.2.